The molecule has 162 valence electrons. The van der Waals surface area contributed by atoms with Crippen molar-refractivity contribution in [2.24, 2.45) is 0 Å². The second-order valence-electron chi connectivity index (χ2n) is 8.61. The quantitative estimate of drug-likeness (QED) is 0.716. The molecular weight excluding hydrogens is 390 g/mol. The highest BCUT2D eigenvalue weighted by Gasteiger charge is 2.38. The summed E-state index contributed by atoms with van der Waals surface area (Å²) in [6.07, 6.45) is 1.41. The van der Waals surface area contributed by atoms with Crippen LogP contribution in [0, 0.1) is 13.8 Å². The van der Waals surface area contributed by atoms with Gasteiger partial charge in [0, 0.05) is 44.3 Å². The van der Waals surface area contributed by atoms with E-state index in [0.717, 1.165) is 22.3 Å². The lowest BCUT2D eigenvalue weighted by molar-refractivity contribution is -0.158. The Morgan fingerprint density at radius 1 is 0.871 bits per heavy atom. The summed E-state index contributed by atoms with van der Waals surface area (Å²) >= 11 is 0. The number of likely N-dealkylation sites (tertiary alicyclic amines) is 1. The van der Waals surface area contributed by atoms with Crippen molar-refractivity contribution in [3.05, 3.63) is 70.8 Å². The first kappa shape index (κ1) is 21.1. The number of hydrogen-bond acceptors (Lipinski definition) is 3. The van der Waals surface area contributed by atoms with Crippen LogP contribution in [0.2, 0.25) is 0 Å². The first-order valence-corrected chi connectivity index (χ1v) is 10.9. The van der Waals surface area contributed by atoms with Gasteiger partial charge in [0.05, 0.1) is 0 Å². The molecule has 2 saturated heterocycles. The molecular formula is C25H29N3O3. The van der Waals surface area contributed by atoms with E-state index >= 15 is 0 Å². The summed E-state index contributed by atoms with van der Waals surface area (Å²) in [5.41, 5.74) is 3.90. The number of nitrogens with zero attached hydrogens (tertiary/aromatic N) is 3. The van der Waals surface area contributed by atoms with Crippen LogP contribution < -0.4 is 0 Å². The van der Waals surface area contributed by atoms with Crippen molar-refractivity contribution in [3.63, 3.8) is 0 Å². The zero-order valence-electron chi connectivity index (χ0n) is 18.2. The van der Waals surface area contributed by atoms with Gasteiger partial charge in [0.2, 0.25) is 0 Å². The number of carbonyl (C=O) groups is 3. The number of amides is 3. The monoisotopic (exact) mass is 419 g/mol. The predicted octanol–water partition coefficient (Wildman–Crippen LogP) is 2.78. The lowest BCUT2D eigenvalue weighted by Gasteiger charge is -2.42. The number of benzene rings is 2. The van der Waals surface area contributed by atoms with E-state index in [1.807, 2.05) is 61.2 Å². The average molecular weight is 420 g/mol. The Morgan fingerprint density at radius 3 is 2.16 bits per heavy atom. The molecule has 0 radical (unpaired) electrons. The van der Waals surface area contributed by atoms with Crippen LogP contribution in [-0.4, -0.2) is 64.6 Å². The van der Waals surface area contributed by atoms with Crippen molar-refractivity contribution >= 4 is 17.7 Å². The fourth-order valence-corrected chi connectivity index (χ4v) is 4.65. The van der Waals surface area contributed by atoms with E-state index in [0.29, 0.717) is 45.6 Å². The maximum Gasteiger partial charge on any atom is 0.312 e. The van der Waals surface area contributed by atoms with Gasteiger partial charge >= 0.3 is 11.8 Å². The molecule has 0 saturated carbocycles. The first-order chi connectivity index (χ1) is 14.9. The van der Waals surface area contributed by atoms with E-state index in [2.05, 4.69) is 6.07 Å². The Labute approximate surface area is 183 Å². The molecule has 0 atom stereocenters. The molecule has 6 nitrogen and oxygen atoms in total. The Hall–Kier alpha value is -3.15. The first-order valence-electron chi connectivity index (χ1n) is 10.9. The number of rotatable bonds is 4. The van der Waals surface area contributed by atoms with Crippen molar-refractivity contribution in [1.82, 2.24) is 14.7 Å². The summed E-state index contributed by atoms with van der Waals surface area (Å²) in [7, 11) is 0. The summed E-state index contributed by atoms with van der Waals surface area (Å²) in [6, 6.07) is 15.7. The van der Waals surface area contributed by atoms with Gasteiger partial charge < -0.3 is 14.7 Å². The highest BCUT2D eigenvalue weighted by molar-refractivity contribution is 6.35. The van der Waals surface area contributed by atoms with Crippen LogP contribution in [-0.2, 0) is 16.1 Å². The fourth-order valence-electron chi connectivity index (χ4n) is 4.65. The minimum Gasteiger partial charge on any atom is -0.338 e. The van der Waals surface area contributed by atoms with Crippen molar-refractivity contribution in [2.75, 3.05) is 26.2 Å². The zero-order chi connectivity index (χ0) is 22.0. The summed E-state index contributed by atoms with van der Waals surface area (Å²) in [5.74, 6) is -0.801. The molecule has 0 spiro atoms. The second kappa shape index (κ2) is 8.92. The normalized spacial score (nSPS) is 17.9. The zero-order valence-corrected chi connectivity index (χ0v) is 18.2. The Bertz CT molecular complexity index is 961. The van der Waals surface area contributed by atoms with Gasteiger partial charge in [-0.25, -0.2) is 0 Å². The Morgan fingerprint density at radius 2 is 1.52 bits per heavy atom. The molecule has 0 unspecified atom stereocenters. The molecule has 0 bridgehead atoms. The number of hydrogen-bond donors (Lipinski definition) is 0. The minimum atomic E-state index is -0.427. The molecule has 0 aliphatic carbocycles. The third-order valence-corrected chi connectivity index (χ3v) is 6.22. The van der Waals surface area contributed by atoms with E-state index in [4.69, 9.17) is 0 Å². The molecule has 2 heterocycles. The molecule has 4 rings (SSSR count). The number of piperazine rings is 1. The van der Waals surface area contributed by atoms with Gasteiger partial charge in [-0.3, -0.25) is 14.4 Å². The molecule has 2 aromatic rings. The van der Waals surface area contributed by atoms with Crippen LogP contribution in [0.4, 0.5) is 0 Å². The molecule has 2 aromatic carbocycles. The van der Waals surface area contributed by atoms with E-state index in [1.54, 1.807) is 9.80 Å². The average Bonchev–Trinajstić information content (AvgIpc) is 2.77. The van der Waals surface area contributed by atoms with E-state index in [-0.39, 0.29) is 11.9 Å². The number of carbonyl (C=O) groups excluding carboxylic acids is 3. The van der Waals surface area contributed by atoms with E-state index in [1.165, 1.54) is 0 Å². The van der Waals surface area contributed by atoms with Crippen LogP contribution in [0.25, 0.3) is 0 Å². The largest absolute Gasteiger partial charge is 0.338 e. The summed E-state index contributed by atoms with van der Waals surface area (Å²) in [4.78, 5) is 43.6. The molecule has 2 fully saturated rings. The number of aryl methyl sites for hydroxylation is 2. The summed E-state index contributed by atoms with van der Waals surface area (Å²) in [5, 5.41) is 0. The van der Waals surface area contributed by atoms with Gasteiger partial charge in [0.15, 0.2) is 0 Å². The summed E-state index contributed by atoms with van der Waals surface area (Å²) in [6.45, 7) is 6.74. The third-order valence-electron chi connectivity index (χ3n) is 6.22. The van der Waals surface area contributed by atoms with Crippen LogP contribution >= 0.6 is 0 Å². The fraction of sp³-hybridized carbons (Fsp3) is 0.400. The van der Waals surface area contributed by atoms with Crippen LogP contribution in [0.15, 0.2) is 48.5 Å². The minimum absolute atomic E-state index is 0.0126. The molecule has 0 aromatic heterocycles. The predicted molar refractivity (Wildman–Crippen MR) is 118 cm³/mol. The molecule has 6 heteroatoms. The Kier molecular flexibility index (Phi) is 6.07. The van der Waals surface area contributed by atoms with Crippen molar-refractivity contribution in [1.29, 1.82) is 0 Å². The van der Waals surface area contributed by atoms with Gasteiger partial charge in [-0.05, 0) is 44.4 Å². The SMILES string of the molecule is Cc1cc(C)cc(C(=O)N2CCC(N3CCN(Cc4ccccc4)C(=O)C3=O)CC2)c1. The maximum atomic E-state index is 12.9. The van der Waals surface area contributed by atoms with Crippen LogP contribution in [0.3, 0.4) is 0 Å². The maximum absolute atomic E-state index is 12.9. The smallest absolute Gasteiger partial charge is 0.312 e. The highest BCUT2D eigenvalue weighted by atomic mass is 16.2. The lowest BCUT2D eigenvalue weighted by Crippen LogP contribution is -2.59. The Balaban J connectivity index is 1.34. The van der Waals surface area contributed by atoms with Crippen molar-refractivity contribution in [3.8, 4) is 0 Å². The van der Waals surface area contributed by atoms with Crippen LogP contribution in [0.5, 0.6) is 0 Å². The standard InChI is InChI=1S/C25H29N3O3/c1-18-14-19(2)16-21(15-18)23(29)26-10-8-22(9-11-26)28-13-12-27(24(30)25(28)31)17-20-6-4-3-5-7-20/h3-7,14-16,22H,8-13,17H2,1-2H3. The van der Waals surface area contributed by atoms with Gasteiger partial charge in [-0.1, -0.05) is 47.5 Å². The lowest BCUT2D eigenvalue weighted by atomic mass is 10.00. The molecule has 3 amide bonds. The molecule has 2 aliphatic rings. The van der Waals surface area contributed by atoms with Crippen molar-refractivity contribution in [2.45, 2.75) is 39.3 Å². The third kappa shape index (κ3) is 4.63. The van der Waals surface area contributed by atoms with Crippen molar-refractivity contribution < 1.29 is 14.4 Å². The van der Waals surface area contributed by atoms with Gasteiger partial charge in [-0.15, -0.1) is 0 Å². The highest BCUT2D eigenvalue weighted by Crippen LogP contribution is 2.22. The second-order valence-corrected chi connectivity index (χ2v) is 8.61. The van der Waals surface area contributed by atoms with Gasteiger partial charge in [0.25, 0.3) is 5.91 Å². The topological polar surface area (TPSA) is 60.9 Å². The van der Waals surface area contributed by atoms with Gasteiger partial charge in [-0.2, -0.15) is 0 Å². The van der Waals surface area contributed by atoms with E-state index < -0.39 is 11.8 Å². The van der Waals surface area contributed by atoms with E-state index in [9.17, 15) is 14.4 Å². The van der Waals surface area contributed by atoms with Crippen LogP contribution in [0.1, 0.15) is 39.9 Å². The molecule has 0 N–H and O–H groups in total. The molecule has 2 aliphatic heterocycles. The summed E-state index contributed by atoms with van der Waals surface area (Å²) < 4.78 is 0. The molecule has 31 heavy (non-hydrogen) atoms. The van der Waals surface area contributed by atoms with Gasteiger partial charge in [0.1, 0.15) is 0 Å². The number of piperidine rings is 1.